The van der Waals surface area contributed by atoms with Crippen molar-refractivity contribution in [3.63, 3.8) is 0 Å². The number of rotatable bonds is 3. The van der Waals surface area contributed by atoms with Gasteiger partial charge in [-0.3, -0.25) is 0 Å². The average molecular weight is 623 g/mol. The van der Waals surface area contributed by atoms with E-state index in [1.165, 1.54) is 98.7 Å². The number of fused-ring (bicyclic) bond motifs is 9. The lowest BCUT2D eigenvalue weighted by molar-refractivity contribution is 0.666. The van der Waals surface area contributed by atoms with Gasteiger partial charge in [0.2, 0.25) is 0 Å². The van der Waals surface area contributed by atoms with Crippen molar-refractivity contribution >= 4 is 43.1 Å². The van der Waals surface area contributed by atoms with Crippen LogP contribution in [0.2, 0.25) is 0 Å². The van der Waals surface area contributed by atoms with Crippen LogP contribution in [0.3, 0.4) is 0 Å². The maximum atomic E-state index is 2.44. The Kier molecular flexibility index (Phi) is 6.02. The fraction of sp³-hybridized carbons (Fsp3) is 0.0612. The first-order valence-corrected chi connectivity index (χ1v) is 17.3. The average Bonchev–Trinajstić information content (AvgIpc) is 3.39. The van der Waals surface area contributed by atoms with Crippen molar-refractivity contribution in [3.8, 4) is 44.5 Å². The van der Waals surface area contributed by atoms with Crippen molar-refractivity contribution in [2.75, 3.05) is 0 Å². The Labute approximate surface area is 286 Å². The van der Waals surface area contributed by atoms with Gasteiger partial charge in [0.1, 0.15) is 0 Å². The van der Waals surface area contributed by atoms with Crippen molar-refractivity contribution in [1.29, 1.82) is 0 Å². The van der Waals surface area contributed by atoms with Gasteiger partial charge in [0.05, 0.1) is 0 Å². The van der Waals surface area contributed by atoms with Crippen LogP contribution in [-0.4, -0.2) is 0 Å². The van der Waals surface area contributed by atoms with Gasteiger partial charge >= 0.3 is 0 Å². The second kappa shape index (κ2) is 10.5. The predicted octanol–water partition coefficient (Wildman–Crippen LogP) is 13.6. The summed E-state index contributed by atoms with van der Waals surface area (Å²) >= 11 is 0. The molecular formula is C49H34. The second-order valence-corrected chi connectivity index (χ2v) is 14.0. The molecule has 0 saturated heterocycles. The first-order chi connectivity index (χ1) is 24.1. The minimum absolute atomic E-state index is 0.0825. The topological polar surface area (TPSA) is 0 Å². The van der Waals surface area contributed by atoms with Gasteiger partial charge in [-0.15, -0.1) is 0 Å². The van der Waals surface area contributed by atoms with Gasteiger partial charge in [-0.2, -0.15) is 0 Å². The third-order valence-corrected chi connectivity index (χ3v) is 11.0. The van der Waals surface area contributed by atoms with Crippen LogP contribution >= 0.6 is 0 Å². The van der Waals surface area contributed by atoms with Crippen LogP contribution in [-0.2, 0) is 5.41 Å². The second-order valence-electron chi connectivity index (χ2n) is 14.0. The summed E-state index contributed by atoms with van der Waals surface area (Å²) in [4.78, 5) is 0. The molecular weight excluding hydrogens is 589 g/mol. The molecule has 0 heteroatoms. The quantitative estimate of drug-likeness (QED) is 0.136. The maximum absolute atomic E-state index is 2.44. The minimum atomic E-state index is -0.0825. The molecule has 0 saturated carbocycles. The smallest absolute Gasteiger partial charge is 0.0165 e. The highest BCUT2D eigenvalue weighted by Gasteiger charge is 2.37. The van der Waals surface area contributed by atoms with Crippen molar-refractivity contribution in [2.45, 2.75) is 19.3 Å². The van der Waals surface area contributed by atoms with Crippen molar-refractivity contribution in [2.24, 2.45) is 0 Å². The molecule has 0 unspecified atom stereocenters. The van der Waals surface area contributed by atoms with E-state index in [0.29, 0.717) is 0 Å². The van der Waals surface area contributed by atoms with Crippen molar-refractivity contribution < 1.29 is 0 Å². The monoisotopic (exact) mass is 622 g/mol. The molecule has 0 amide bonds. The zero-order valence-corrected chi connectivity index (χ0v) is 27.7. The number of benzene rings is 9. The van der Waals surface area contributed by atoms with Crippen LogP contribution < -0.4 is 0 Å². The van der Waals surface area contributed by atoms with E-state index >= 15 is 0 Å². The molecule has 0 aliphatic heterocycles. The van der Waals surface area contributed by atoms with Gasteiger partial charge in [-0.05, 0) is 105 Å². The van der Waals surface area contributed by atoms with Gasteiger partial charge < -0.3 is 0 Å². The van der Waals surface area contributed by atoms with Crippen LogP contribution in [0.25, 0.3) is 87.6 Å². The third kappa shape index (κ3) is 4.11. The summed E-state index contributed by atoms with van der Waals surface area (Å²) in [5.74, 6) is 0. The number of hydrogen-bond acceptors (Lipinski definition) is 0. The Morgan fingerprint density at radius 1 is 0.347 bits per heavy atom. The van der Waals surface area contributed by atoms with Gasteiger partial charge in [-0.1, -0.05) is 178 Å². The van der Waals surface area contributed by atoms with Gasteiger partial charge in [0.25, 0.3) is 0 Å². The Morgan fingerprint density at radius 2 is 0.878 bits per heavy atom. The maximum Gasteiger partial charge on any atom is 0.0165 e. The highest BCUT2D eigenvalue weighted by molar-refractivity contribution is 6.27. The molecule has 0 heterocycles. The summed E-state index contributed by atoms with van der Waals surface area (Å²) in [6, 6.07) is 63.0. The van der Waals surface area contributed by atoms with Gasteiger partial charge in [0.15, 0.2) is 0 Å². The first kappa shape index (κ1) is 28.1. The molecule has 9 aromatic carbocycles. The molecule has 0 fully saturated rings. The molecule has 1 aliphatic carbocycles. The van der Waals surface area contributed by atoms with Crippen LogP contribution in [0.4, 0.5) is 0 Å². The molecule has 0 nitrogen and oxygen atoms in total. The van der Waals surface area contributed by atoms with Crippen LogP contribution in [0, 0.1) is 0 Å². The van der Waals surface area contributed by atoms with Crippen molar-refractivity contribution in [1.82, 2.24) is 0 Å². The molecule has 9 aromatic rings. The summed E-state index contributed by atoms with van der Waals surface area (Å²) < 4.78 is 0. The lowest BCUT2D eigenvalue weighted by Gasteiger charge is -2.23. The molecule has 49 heavy (non-hydrogen) atoms. The van der Waals surface area contributed by atoms with E-state index in [2.05, 4.69) is 184 Å². The zero-order valence-electron chi connectivity index (χ0n) is 27.7. The molecule has 0 aromatic heterocycles. The van der Waals surface area contributed by atoms with Crippen molar-refractivity contribution in [3.05, 3.63) is 181 Å². The minimum Gasteiger partial charge on any atom is -0.0622 e. The van der Waals surface area contributed by atoms with E-state index in [-0.39, 0.29) is 5.41 Å². The lowest BCUT2D eigenvalue weighted by atomic mass is 9.79. The molecule has 0 N–H and O–H groups in total. The van der Waals surface area contributed by atoms with Gasteiger partial charge in [0, 0.05) is 5.41 Å². The Bertz CT molecular complexity index is 2760. The standard InChI is InChI=1S/C49H34/c1-49(2)44-30-36(26-27-39(44)42-28-24-33-13-7-9-17-38(33)48(42)49)31-20-22-35(23-21-31)46-41-19-11-10-18-40(41)45(34-14-4-3-5-15-34)43-29-25-32-12-6-8-16-37(32)47(43)46/h3-30H,1-2H3. The predicted molar refractivity (Wildman–Crippen MR) is 210 cm³/mol. The van der Waals surface area contributed by atoms with E-state index in [1.807, 2.05) is 0 Å². The van der Waals surface area contributed by atoms with Gasteiger partial charge in [-0.25, -0.2) is 0 Å². The molecule has 230 valence electrons. The molecule has 0 radical (unpaired) electrons. The van der Waals surface area contributed by atoms with E-state index in [4.69, 9.17) is 0 Å². The largest absolute Gasteiger partial charge is 0.0622 e. The van der Waals surface area contributed by atoms with Crippen LogP contribution in [0.5, 0.6) is 0 Å². The summed E-state index contributed by atoms with van der Waals surface area (Å²) in [6.45, 7) is 4.77. The Hall–Kier alpha value is -5.98. The van der Waals surface area contributed by atoms with E-state index < -0.39 is 0 Å². The third-order valence-electron chi connectivity index (χ3n) is 11.0. The zero-order chi connectivity index (χ0) is 32.7. The molecule has 0 bridgehead atoms. The highest BCUT2D eigenvalue weighted by Crippen LogP contribution is 2.52. The van der Waals surface area contributed by atoms with Crippen LogP contribution in [0.15, 0.2) is 170 Å². The molecule has 0 atom stereocenters. The fourth-order valence-electron chi connectivity index (χ4n) is 8.77. The molecule has 1 aliphatic rings. The summed E-state index contributed by atoms with van der Waals surface area (Å²) in [7, 11) is 0. The highest BCUT2D eigenvalue weighted by atomic mass is 14.4. The SMILES string of the molecule is CC1(C)c2cc(-c3ccc(-c4c5ccccc5c(-c5ccccc5)c5ccc6ccccc6c45)cc3)ccc2-c2ccc3ccccc3c21. The van der Waals surface area contributed by atoms with E-state index in [0.717, 1.165) is 0 Å². The van der Waals surface area contributed by atoms with Crippen LogP contribution in [0.1, 0.15) is 25.0 Å². The Morgan fingerprint density at radius 3 is 1.63 bits per heavy atom. The fourth-order valence-corrected chi connectivity index (χ4v) is 8.77. The molecule has 0 spiro atoms. The van der Waals surface area contributed by atoms with E-state index in [1.54, 1.807) is 0 Å². The lowest BCUT2D eigenvalue weighted by Crippen LogP contribution is -2.15. The summed E-state index contributed by atoms with van der Waals surface area (Å²) in [6.07, 6.45) is 0. The van der Waals surface area contributed by atoms with E-state index in [9.17, 15) is 0 Å². The molecule has 10 rings (SSSR count). The summed E-state index contributed by atoms with van der Waals surface area (Å²) in [5, 5.41) is 10.4. The first-order valence-electron chi connectivity index (χ1n) is 17.3. The normalized spacial score (nSPS) is 13.3. The summed E-state index contributed by atoms with van der Waals surface area (Å²) in [5.41, 5.74) is 13.1. The number of hydrogen-bond donors (Lipinski definition) is 0. The Balaban J connectivity index is 1.16.